The number of carbonyl (C=O) groups is 3. The van der Waals surface area contributed by atoms with Gasteiger partial charge in [0.2, 0.25) is 0 Å². The number of likely N-dealkylation sites (tertiary alicyclic amines) is 1. The number of Topliss-reactive ketones (excluding diaryl/α,β-unsaturated/α-hetero) is 1. The monoisotopic (exact) mass is 518 g/mol. The Balaban J connectivity index is 1.24. The number of nitrogens with two attached hydrogens (primary N) is 1. The first-order valence-electron chi connectivity index (χ1n) is 13.8. The van der Waals surface area contributed by atoms with Crippen molar-refractivity contribution in [1.29, 1.82) is 0 Å². The summed E-state index contributed by atoms with van der Waals surface area (Å²) in [7, 11) is 0. The number of anilines is 2. The number of nitrogens with zero attached hydrogens (tertiary/aromatic N) is 3. The quantitative estimate of drug-likeness (QED) is 0.459. The molecule has 3 atom stereocenters. The number of hydrogen-bond acceptors (Lipinski definition) is 7. The van der Waals surface area contributed by atoms with E-state index in [4.69, 9.17) is 5.73 Å². The fourth-order valence-electron chi connectivity index (χ4n) is 6.32. The zero-order chi connectivity index (χ0) is 26.8. The van der Waals surface area contributed by atoms with Crippen molar-refractivity contribution in [3.05, 3.63) is 53.2 Å². The highest BCUT2D eigenvalue weighted by Crippen LogP contribution is 2.38. The molecule has 0 saturated carbocycles. The second-order valence-corrected chi connectivity index (χ2v) is 10.9. The average Bonchev–Trinajstić information content (AvgIpc) is 3.18. The summed E-state index contributed by atoms with van der Waals surface area (Å²) in [4.78, 5) is 46.3. The summed E-state index contributed by atoms with van der Waals surface area (Å²) >= 11 is 0. The number of piperidine rings is 2. The van der Waals surface area contributed by atoms with Gasteiger partial charge in [0.05, 0.1) is 5.56 Å². The van der Waals surface area contributed by atoms with E-state index in [2.05, 4.69) is 32.3 Å². The summed E-state index contributed by atoms with van der Waals surface area (Å²) in [6, 6.07) is 9.80. The summed E-state index contributed by atoms with van der Waals surface area (Å²) in [5.41, 5.74) is 7.84. The van der Waals surface area contributed by atoms with E-state index < -0.39 is 5.91 Å². The molecule has 202 valence electrons. The molecule has 2 aromatic rings. The van der Waals surface area contributed by atoms with E-state index >= 15 is 0 Å². The average molecular weight is 519 g/mol. The molecule has 2 bridgehead atoms. The zero-order valence-corrected chi connectivity index (χ0v) is 22.3. The first kappa shape index (κ1) is 26.2. The maximum Gasteiger partial charge on any atom is 0.251 e. The number of hydrogen-bond donors (Lipinski definition) is 3. The van der Waals surface area contributed by atoms with Crippen LogP contribution in [0, 0.1) is 0 Å². The Labute approximate surface area is 224 Å². The molecule has 4 N–H and O–H groups in total. The van der Waals surface area contributed by atoms with E-state index in [1.165, 1.54) is 0 Å². The summed E-state index contributed by atoms with van der Waals surface area (Å²) in [6.45, 7) is 6.78. The first-order chi connectivity index (χ1) is 18.3. The highest BCUT2D eigenvalue weighted by atomic mass is 16.2. The normalized spacial score (nSPS) is 23.7. The Bertz CT molecular complexity index is 1180. The third kappa shape index (κ3) is 5.53. The van der Waals surface area contributed by atoms with Crippen LogP contribution in [0.4, 0.5) is 11.5 Å². The van der Waals surface area contributed by atoms with Gasteiger partial charge in [-0.25, -0.2) is 4.98 Å². The van der Waals surface area contributed by atoms with E-state index in [0.717, 1.165) is 64.0 Å². The molecule has 0 aliphatic carbocycles. The van der Waals surface area contributed by atoms with Crippen LogP contribution in [0.1, 0.15) is 83.4 Å². The van der Waals surface area contributed by atoms with Gasteiger partial charge in [-0.15, -0.1) is 0 Å². The second-order valence-electron chi connectivity index (χ2n) is 10.9. The van der Waals surface area contributed by atoms with Gasteiger partial charge in [-0.2, -0.15) is 0 Å². The topological polar surface area (TPSA) is 121 Å². The molecule has 3 aliphatic heterocycles. The van der Waals surface area contributed by atoms with Crippen LogP contribution in [0.25, 0.3) is 0 Å². The van der Waals surface area contributed by atoms with Crippen LogP contribution in [0.15, 0.2) is 36.5 Å². The third-order valence-corrected chi connectivity index (χ3v) is 8.43. The fourth-order valence-corrected chi connectivity index (χ4v) is 6.32. The summed E-state index contributed by atoms with van der Waals surface area (Å²) in [5, 5.41) is 6.73. The van der Waals surface area contributed by atoms with Crippen LogP contribution in [0.5, 0.6) is 0 Å². The van der Waals surface area contributed by atoms with Gasteiger partial charge in [0, 0.05) is 60.3 Å². The largest absolute Gasteiger partial charge is 0.382 e. The molecule has 3 fully saturated rings. The second kappa shape index (κ2) is 11.1. The molecule has 2 amide bonds. The number of fused-ring (bicyclic) bond motifs is 2. The van der Waals surface area contributed by atoms with Crippen molar-refractivity contribution in [2.24, 2.45) is 5.73 Å². The SMILES string of the molecule is CCN1CCC(Nc2cc(C(=O)NC3C[C@H]4CC[C@@H](C3)N4c3ccc(C(C)=O)cn3)ccc2C(N)=O)CC1. The molecule has 1 aromatic carbocycles. The Morgan fingerprint density at radius 3 is 2.24 bits per heavy atom. The fraction of sp³-hybridized carbons (Fsp3) is 0.517. The number of nitrogens with one attached hydrogen (secondary N) is 2. The number of rotatable bonds is 8. The van der Waals surface area contributed by atoms with Crippen LogP contribution in [-0.2, 0) is 0 Å². The molecule has 1 unspecified atom stereocenters. The smallest absolute Gasteiger partial charge is 0.251 e. The first-order valence-corrected chi connectivity index (χ1v) is 13.8. The van der Waals surface area contributed by atoms with Crippen molar-refractivity contribution in [3.8, 4) is 0 Å². The number of primary amides is 1. The van der Waals surface area contributed by atoms with Crippen molar-refractivity contribution in [3.63, 3.8) is 0 Å². The van der Waals surface area contributed by atoms with Gasteiger partial charge in [-0.3, -0.25) is 14.4 Å². The molecule has 3 saturated heterocycles. The molecule has 9 nitrogen and oxygen atoms in total. The molecule has 4 heterocycles. The zero-order valence-electron chi connectivity index (χ0n) is 22.3. The van der Waals surface area contributed by atoms with E-state index in [9.17, 15) is 14.4 Å². The van der Waals surface area contributed by atoms with Crippen LogP contribution in [-0.4, -0.2) is 71.3 Å². The number of amides is 2. The van der Waals surface area contributed by atoms with Gasteiger partial charge in [-0.05, 0) is 82.3 Å². The van der Waals surface area contributed by atoms with Gasteiger partial charge in [0.1, 0.15) is 5.82 Å². The lowest BCUT2D eigenvalue weighted by atomic mass is 9.96. The van der Waals surface area contributed by atoms with E-state index in [-0.39, 0.29) is 23.8 Å². The molecule has 3 aliphatic rings. The van der Waals surface area contributed by atoms with E-state index in [0.29, 0.717) is 34.5 Å². The number of pyridine rings is 1. The number of aromatic nitrogens is 1. The van der Waals surface area contributed by atoms with Crippen molar-refractivity contribution >= 4 is 29.1 Å². The Hall–Kier alpha value is -3.46. The van der Waals surface area contributed by atoms with Crippen LogP contribution in [0.3, 0.4) is 0 Å². The van der Waals surface area contributed by atoms with E-state index in [1.54, 1.807) is 31.3 Å². The molecule has 1 aromatic heterocycles. The van der Waals surface area contributed by atoms with Gasteiger partial charge in [-0.1, -0.05) is 6.92 Å². The summed E-state index contributed by atoms with van der Waals surface area (Å²) in [6.07, 6.45) is 7.43. The summed E-state index contributed by atoms with van der Waals surface area (Å²) < 4.78 is 0. The Kier molecular flexibility index (Phi) is 7.65. The lowest BCUT2D eigenvalue weighted by Crippen LogP contribution is -2.50. The number of benzene rings is 1. The van der Waals surface area contributed by atoms with Crippen LogP contribution in [0.2, 0.25) is 0 Å². The molecule has 9 heteroatoms. The van der Waals surface area contributed by atoms with Crippen molar-refractivity contribution in [2.45, 2.75) is 76.5 Å². The lowest BCUT2D eigenvalue weighted by molar-refractivity contribution is 0.0924. The molecule has 5 rings (SSSR count). The van der Waals surface area contributed by atoms with Gasteiger partial charge < -0.3 is 26.2 Å². The number of ketones is 1. The molecule has 0 spiro atoms. The van der Waals surface area contributed by atoms with Gasteiger partial charge in [0.15, 0.2) is 5.78 Å². The highest BCUT2D eigenvalue weighted by Gasteiger charge is 2.41. The number of carbonyl (C=O) groups excluding carboxylic acids is 3. The Morgan fingerprint density at radius 2 is 1.66 bits per heavy atom. The van der Waals surface area contributed by atoms with Crippen molar-refractivity contribution in [2.75, 3.05) is 29.9 Å². The van der Waals surface area contributed by atoms with E-state index in [1.807, 2.05) is 12.1 Å². The lowest BCUT2D eigenvalue weighted by Gasteiger charge is -2.40. The van der Waals surface area contributed by atoms with Crippen LogP contribution >= 0.6 is 0 Å². The minimum atomic E-state index is -0.501. The minimum Gasteiger partial charge on any atom is -0.382 e. The molecule has 38 heavy (non-hydrogen) atoms. The maximum atomic E-state index is 13.3. The molecular weight excluding hydrogens is 480 g/mol. The standard InChI is InChI=1S/C29H38N6O3/c1-3-34-12-10-21(11-13-34)32-26-14-19(4-8-25(26)28(30)37)29(38)33-22-15-23-6-7-24(16-22)35(23)27-9-5-20(17-31-27)18(2)36/h4-5,8-9,14,17,21-24,32H,3,6-7,10-13,15-16H2,1-2H3,(H2,30,37)(H,33,38)/t22?,23-,24+. The maximum absolute atomic E-state index is 13.3. The molecular formula is C29H38N6O3. The van der Waals surface area contributed by atoms with Crippen LogP contribution < -0.4 is 21.3 Å². The van der Waals surface area contributed by atoms with Crippen molar-refractivity contribution in [1.82, 2.24) is 15.2 Å². The predicted octanol–water partition coefficient (Wildman–Crippen LogP) is 3.21. The molecule has 0 radical (unpaired) electrons. The van der Waals surface area contributed by atoms with Gasteiger partial charge >= 0.3 is 0 Å². The highest BCUT2D eigenvalue weighted by molar-refractivity contribution is 6.02. The third-order valence-electron chi connectivity index (χ3n) is 8.43. The van der Waals surface area contributed by atoms with Gasteiger partial charge in [0.25, 0.3) is 11.8 Å². The predicted molar refractivity (Wildman–Crippen MR) is 148 cm³/mol. The summed E-state index contributed by atoms with van der Waals surface area (Å²) in [5.74, 6) is 0.276. The minimum absolute atomic E-state index is 0.0116. The van der Waals surface area contributed by atoms with Crippen molar-refractivity contribution < 1.29 is 14.4 Å². The Morgan fingerprint density at radius 1 is 0.974 bits per heavy atom.